The minimum atomic E-state index is 0.267. The molecule has 1 fully saturated rings. The minimum absolute atomic E-state index is 0.267. The van der Waals surface area contributed by atoms with Gasteiger partial charge in [-0.05, 0) is 26.2 Å². The van der Waals surface area contributed by atoms with Crippen molar-refractivity contribution in [3.63, 3.8) is 0 Å². The maximum atomic E-state index is 5.55. The molecule has 13 heavy (non-hydrogen) atoms. The van der Waals surface area contributed by atoms with Gasteiger partial charge in [-0.25, -0.2) is 0 Å². The molecule has 1 aliphatic rings. The molecule has 0 aromatic rings. The average Bonchev–Trinajstić information content (AvgIpc) is 2.65. The van der Waals surface area contributed by atoms with Gasteiger partial charge >= 0.3 is 0 Å². The summed E-state index contributed by atoms with van der Waals surface area (Å²) in [6.07, 6.45) is 4.44. The molecule has 1 rings (SSSR count). The summed E-state index contributed by atoms with van der Waals surface area (Å²) in [6.45, 7) is 2.74. The van der Waals surface area contributed by atoms with Crippen LogP contribution in [-0.2, 0) is 4.74 Å². The van der Waals surface area contributed by atoms with E-state index in [4.69, 9.17) is 10.6 Å². The largest absolute Gasteiger partial charge is 0.377 e. The first kappa shape index (κ1) is 10.5. The van der Waals surface area contributed by atoms with E-state index in [1.54, 1.807) is 0 Å². The van der Waals surface area contributed by atoms with Crippen LogP contribution in [0, 0.1) is 11.8 Å². The third-order valence-electron chi connectivity index (χ3n) is 2.38. The molecule has 0 aromatic heterocycles. The lowest BCUT2D eigenvalue weighted by atomic mass is 10.0. The lowest BCUT2D eigenvalue weighted by molar-refractivity contribution is 0.0761. The molecule has 0 aliphatic carbocycles. The molecule has 0 amide bonds. The van der Waals surface area contributed by atoms with Crippen LogP contribution in [0.25, 0.3) is 0 Å². The minimum Gasteiger partial charge on any atom is -0.377 e. The van der Waals surface area contributed by atoms with Crippen molar-refractivity contribution in [2.75, 3.05) is 6.61 Å². The number of hydrazine groups is 1. The fourth-order valence-corrected chi connectivity index (χ4v) is 1.65. The van der Waals surface area contributed by atoms with E-state index in [0.29, 0.717) is 6.10 Å². The Hall–Kier alpha value is -0.560. The number of rotatable bonds is 4. The lowest BCUT2D eigenvalue weighted by Crippen LogP contribution is -2.43. The Labute approximate surface area is 80.0 Å². The highest BCUT2D eigenvalue weighted by molar-refractivity contribution is 4.96. The summed E-state index contributed by atoms with van der Waals surface area (Å²) < 4.78 is 5.55. The van der Waals surface area contributed by atoms with Gasteiger partial charge in [-0.2, -0.15) is 0 Å². The second-order valence-electron chi connectivity index (χ2n) is 3.29. The summed E-state index contributed by atoms with van der Waals surface area (Å²) in [5, 5.41) is 0. The highest BCUT2D eigenvalue weighted by Crippen LogP contribution is 2.17. The Morgan fingerprint density at radius 3 is 3.08 bits per heavy atom. The highest BCUT2D eigenvalue weighted by Gasteiger charge is 2.24. The molecule has 0 saturated carbocycles. The molecular weight excluding hydrogens is 164 g/mol. The summed E-state index contributed by atoms with van der Waals surface area (Å²) in [6, 6.07) is 0.267. The van der Waals surface area contributed by atoms with E-state index in [9.17, 15) is 0 Å². The van der Waals surface area contributed by atoms with E-state index >= 15 is 0 Å². The summed E-state index contributed by atoms with van der Waals surface area (Å²) in [5.41, 5.74) is 2.81. The fraction of sp³-hybridized carbons (Fsp3) is 0.800. The van der Waals surface area contributed by atoms with Crippen LogP contribution in [0.1, 0.15) is 32.6 Å². The van der Waals surface area contributed by atoms with Crippen LogP contribution in [0.15, 0.2) is 0 Å². The molecule has 3 heteroatoms. The van der Waals surface area contributed by atoms with Crippen LogP contribution in [-0.4, -0.2) is 18.8 Å². The second-order valence-corrected chi connectivity index (χ2v) is 3.29. The van der Waals surface area contributed by atoms with Gasteiger partial charge in [0.15, 0.2) is 0 Å². The topological polar surface area (TPSA) is 47.3 Å². The van der Waals surface area contributed by atoms with Crippen molar-refractivity contribution < 1.29 is 4.74 Å². The predicted octanol–water partition coefficient (Wildman–Crippen LogP) is 0.801. The van der Waals surface area contributed by atoms with Crippen LogP contribution in [0.4, 0.5) is 0 Å². The van der Waals surface area contributed by atoms with Gasteiger partial charge < -0.3 is 4.74 Å². The number of ether oxygens (including phenoxy) is 1. The fourth-order valence-electron chi connectivity index (χ4n) is 1.65. The second kappa shape index (κ2) is 5.98. The SMILES string of the molecule is CC#CCCC(NN)C1CCCO1. The van der Waals surface area contributed by atoms with Gasteiger partial charge in [0.05, 0.1) is 6.10 Å². The van der Waals surface area contributed by atoms with Crippen molar-refractivity contribution in [2.45, 2.75) is 44.8 Å². The molecule has 3 nitrogen and oxygen atoms in total. The summed E-state index contributed by atoms with van der Waals surface area (Å²) >= 11 is 0. The smallest absolute Gasteiger partial charge is 0.0742 e. The standard InChI is InChI=1S/C10H18N2O/c1-2-3-4-6-9(12-11)10-7-5-8-13-10/h9-10,12H,4-8,11H2,1H3. The van der Waals surface area contributed by atoms with Crippen molar-refractivity contribution in [3.8, 4) is 11.8 Å². The molecule has 2 unspecified atom stereocenters. The van der Waals surface area contributed by atoms with Gasteiger partial charge in [0.25, 0.3) is 0 Å². The maximum Gasteiger partial charge on any atom is 0.0742 e. The molecule has 2 atom stereocenters. The molecule has 0 radical (unpaired) electrons. The zero-order chi connectivity index (χ0) is 9.52. The van der Waals surface area contributed by atoms with E-state index in [-0.39, 0.29) is 6.04 Å². The van der Waals surface area contributed by atoms with E-state index in [1.807, 2.05) is 6.92 Å². The monoisotopic (exact) mass is 182 g/mol. The highest BCUT2D eigenvalue weighted by atomic mass is 16.5. The van der Waals surface area contributed by atoms with Gasteiger partial charge in [-0.1, -0.05) is 0 Å². The zero-order valence-electron chi connectivity index (χ0n) is 8.18. The number of hydrogen-bond acceptors (Lipinski definition) is 3. The van der Waals surface area contributed by atoms with Gasteiger partial charge in [-0.15, -0.1) is 11.8 Å². The van der Waals surface area contributed by atoms with Gasteiger partial charge in [0.2, 0.25) is 0 Å². The quantitative estimate of drug-likeness (QED) is 0.384. The van der Waals surface area contributed by atoms with Gasteiger partial charge in [0, 0.05) is 19.1 Å². The molecule has 0 aromatic carbocycles. The van der Waals surface area contributed by atoms with E-state index in [2.05, 4.69) is 17.3 Å². The number of nitrogens with two attached hydrogens (primary N) is 1. The first-order valence-electron chi connectivity index (χ1n) is 4.86. The predicted molar refractivity (Wildman–Crippen MR) is 52.8 cm³/mol. The van der Waals surface area contributed by atoms with E-state index in [0.717, 1.165) is 32.3 Å². The number of nitrogens with one attached hydrogen (secondary N) is 1. The summed E-state index contributed by atoms with van der Waals surface area (Å²) in [7, 11) is 0. The van der Waals surface area contributed by atoms with E-state index < -0.39 is 0 Å². The molecule has 1 saturated heterocycles. The van der Waals surface area contributed by atoms with Crippen LogP contribution >= 0.6 is 0 Å². The summed E-state index contributed by atoms with van der Waals surface area (Å²) in [5.74, 6) is 11.4. The Bertz CT molecular complexity index is 189. The van der Waals surface area contributed by atoms with Gasteiger partial charge in [-0.3, -0.25) is 11.3 Å². The Kier molecular flexibility index (Phi) is 4.84. The third-order valence-corrected chi connectivity index (χ3v) is 2.38. The molecular formula is C10H18N2O. The maximum absolute atomic E-state index is 5.55. The van der Waals surface area contributed by atoms with Crippen molar-refractivity contribution in [3.05, 3.63) is 0 Å². The third kappa shape index (κ3) is 3.35. The number of hydrogen-bond donors (Lipinski definition) is 2. The van der Waals surface area contributed by atoms with Crippen LogP contribution < -0.4 is 11.3 Å². The van der Waals surface area contributed by atoms with Gasteiger partial charge in [0.1, 0.15) is 0 Å². The Balaban J connectivity index is 2.27. The molecule has 1 aliphatic heterocycles. The molecule has 0 bridgehead atoms. The van der Waals surface area contributed by atoms with Crippen molar-refractivity contribution in [2.24, 2.45) is 5.84 Å². The normalized spacial score (nSPS) is 23.7. The molecule has 1 heterocycles. The first-order chi connectivity index (χ1) is 6.38. The zero-order valence-corrected chi connectivity index (χ0v) is 8.18. The van der Waals surface area contributed by atoms with Crippen molar-refractivity contribution in [1.29, 1.82) is 0 Å². The lowest BCUT2D eigenvalue weighted by Gasteiger charge is -2.20. The first-order valence-corrected chi connectivity index (χ1v) is 4.86. The Morgan fingerprint density at radius 2 is 2.54 bits per heavy atom. The van der Waals surface area contributed by atoms with Crippen molar-refractivity contribution >= 4 is 0 Å². The van der Waals surface area contributed by atoms with Crippen LogP contribution in [0.2, 0.25) is 0 Å². The van der Waals surface area contributed by atoms with Crippen LogP contribution in [0.3, 0.4) is 0 Å². The van der Waals surface area contributed by atoms with E-state index in [1.165, 1.54) is 0 Å². The molecule has 3 N–H and O–H groups in total. The average molecular weight is 182 g/mol. The molecule has 0 spiro atoms. The van der Waals surface area contributed by atoms with Crippen molar-refractivity contribution in [1.82, 2.24) is 5.43 Å². The van der Waals surface area contributed by atoms with Crippen LogP contribution in [0.5, 0.6) is 0 Å². The Morgan fingerprint density at radius 1 is 1.69 bits per heavy atom. The summed E-state index contributed by atoms with van der Waals surface area (Å²) in [4.78, 5) is 0. The molecule has 74 valence electrons.